The molecule has 0 radical (unpaired) electrons. The molecule has 2 unspecified atom stereocenters. The standard InChI is InChI=1S/C14H23N3O3S/c1-10-13(15)5-4-6-14(10)21(19,20)17-9-12(18)7-11(17)8-16(2)3/h4-6,11-12,18H,7-9,15H2,1-3H3. The Morgan fingerprint density at radius 2 is 2.10 bits per heavy atom. The van der Waals surface area contributed by atoms with E-state index in [-0.39, 0.29) is 17.5 Å². The van der Waals surface area contributed by atoms with Gasteiger partial charge >= 0.3 is 0 Å². The molecule has 0 amide bonds. The van der Waals surface area contributed by atoms with Crippen LogP contribution in [0.15, 0.2) is 23.1 Å². The number of rotatable bonds is 4. The van der Waals surface area contributed by atoms with E-state index >= 15 is 0 Å². The first-order chi connectivity index (χ1) is 9.73. The third-order valence-electron chi connectivity index (χ3n) is 3.83. The van der Waals surface area contributed by atoms with Crippen LogP contribution in [-0.4, -0.2) is 62.1 Å². The number of nitrogens with two attached hydrogens (primary N) is 1. The molecule has 0 spiro atoms. The van der Waals surface area contributed by atoms with Gasteiger partial charge in [-0.1, -0.05) is 6.07 Å². The van der Waals surface area contributed by atoms with Crippen LogP contribution in [0.3, 0.4) is 0 Å². The minimum Gasteiger partial charge on any atom is -0.398 e. The number of likely N-dealkylation sites (N-methyl/N-ethyl adjacent to an activating group) is 1. The zero-order valence-corrected chi connectivity index (χ0v) is 13.5. The number of sulfonamides is 1. The molecule has 1 aliphatic heterocycles. The Hall–Kier alpha value is -1.15. The average Bonchev–Trinajstić information content (AvgIpc) is 2.73. The second kappa shape index (κ2) is 5.92. The third-order valence-corrected chi connectivity index (χ3v) is 5.89. The van der Waals surface area contributed by atoms with Crippen LogP contribution in [0, 0.1) is 6.92 Å². The van der Waals surface area contributed by atoms with Crippen molar-refractivity contribution in [3.05, 3.63) is 23.8 Å². The summed E-state index contributed by atoms with van der Waals surface area (Å²) in [7, 11) is 0.127. The summed E-state index contributed by atoms with van der Waals surface area (Å²) in [6, 6.07) is 4.67. The van der Waals surface area contributed by atoms with Gasteiger partial charge in [-0.15, -0.1) is 0 Å². The monoisotopic (exact) mass is 313 g/mol. The number of hydrogen-bond acceptors (Lipinski definition) is 5. The molecule has 1 aromatic rings. The van der Waals surface area contributed by atoms with Crippen molar-refractivity contribution >= 4 is 15.7 Å². The lowest BCUT2D eigenvalue weighted by Crippen LogP contribution is -2.41. The van der Waals surface area contributed by atoms with Crippen molar-refractivity contribution in [2.24, 2.45) is 0 Å². The molecule has 0 bridgehead atoms. The van der Waals surface area contributed by atoms with E-state index in [1.807, 2.05) is 19.0 Å². The van der Waals surface area contributed by atoms with E-state index in [4.69, 9.17) is 5.73 Å². The number of nitrogens with zero attached hydrogens (tertiary/aromatic N) is 2. The van der Waals surface area contributed by atoms with E-state index < -0.39 is 16.1 Å². The van der Waals surface area contributed by atoms with E-state index in [0.29, 0.717) is 24.2 Å². The molecule has 0 saturated carbocycles. The minimum absolute atomic E-state index is 0.134. The van der Waals surface area contributed by atoms with Gasteiger partial charge in [-0.2, -0.15) is 4.31 Å². The average molecular weight is 313 g/mol. The number of nitrogen functional groups attached to an aromatic ring is 1. The van der Waals surface area contributed by atoms with Crippen LogP contribution in [0.5, 0.6) is 0 Å². The van der Waals surface area contributed by atoms with Gasteiger partial charge in [0, 0.05) is 24.8 Å². The first-order valence-corrected chi connectivity index (χ1v) is 8.37. The normalized spacial score (nSPS) is 23.9. The number of aliphatic hydroxyl groups excluding tert-OH is 1. The molecule has 0 aromatic heterocycles. The van der Waals surface area contributed by atoms with Gasteiger partial charge in [-0.05, 0) is 45.1 Å². The molecule has 1 saturated heterocycles. The van der Waals surface area contributed by atoms with Crippen LogP contribution < -0.4 is 5.73 Å². The van der Waals surface area contributed by atoms with Crippen LogP contribution >= 0.6 is 0 Å². The maximum Gasteiger partial charge on any atom is 0.243 e. The summed E-state index contributed by atoms with van der Waals surface area (Å²) < 4.78 is 27.2. The molecule has 1 heterocycles. The SMILES string of the molecule is Cc1c(N)cccc1S(=O)(=O)N1CC(O)CC1CN(C)C. The van der Waals surface area contributed by atoms with Gasteiger partial charge in [0.15, 0.2) is 0 Å². The highest BCUT2D eigenvalue weighted by Crippen LogP contribution is 2.30. The third kappa shape index (κ3) is 3.21. The minimum atomic E-state index is -3.65. The predicted molar refractivity (Wildman–Crippen MR) is 82.4 cm³/mol. The number of β-amino-alcohol motifs (C(OH)–C–C–N with tert-alkyl or cyclic N) is 1. The molecule has 3 N–H and O–H groups in total. The number of benzene rings is 1. The molecule has 2 rings (SSSR count). The smallest absolute Gasteiger partial charge is 0.243 e. The molecule has 6 nitrogen and oxygen atoms in total. The molecule has 1 aliphatic rings. The zero-order chi connectivity index (χ0) is 15.8. The Kier molecular flexibility index (Phi) is 4.57. The Bertz CT molecular complexity index is 616. The zero-order valence-electron chi connectivity index (χ0n) is 12.7. The summed E-state index contributed by atoms with van der Waals surface area (Å²) in [6.45, 7) is 2.42. The lowest BCUT2D eigenvalue weighted by molar-refractivity contribution is 0.188. The van der Waals surface area contributed by atoms with E-state index in [1.165, 1.54) is 4.31 Å². The summed E-state index contributed by atoms with van der Waals surface area (Å²) in [5.74, 6) is 0. The van der Waals surface area contributed by atoms with Crippen molar-refractivity contribution < 1.29 is 13.5 Å². The second-order valence-electron chi connectivity index (χ2n) is 5.85. The van der Waals surface area contributed by atoms with Crippen LogP contribution in [0.1, 0.15) is 12.0 Å². The van der Waals surface area contributed by atoms with E-state index in [1.54, 1.807) is 25.1 Å². The number of anilines is 1. The topological polar surface area (TPSA) is 86.9 Å². The maximum atomic E-state index is 12.9. The van der Waals surface area contributed by atoms with Crippen LogP contribution in [0.4, 0.5) is 5.69 Å². The highest BCUT2D eigenvalue weighted by atomic mass is 32.2. The fourth-order valence-corrected chi connectivity index (χ4v) is 4.70. The van der Waals surface area contributed by atoms with Gasteiger partial charge in [0.2, 0.25) is 10.0 Å². The Labute approximate surface area is 126 Å². The van der Waals surface area contributed by atoms with Gasteiger partial charge in [-0.3, -0.25) is 0 Å². The summed E-state index contributed by atoms with van der Waals surface area (Å²) in [6.07, 6.45) is -0.162. The van der Waals surface area contributed by atoms with E-state index in [0.717, 1.165) is 0 Å². The van der Waals surface area contributed by atoms with Crippen molar-refractivity contribution in [1.29, 1.82) is 0 Å². The van der Waals surface area contributed by atoms with Crippen molar-refractivity contribution in [3.63, 3.8) is 0 Å². The fraction of sp³-hybridized carbons (Fsp3) is 0.571. The van der Waals surface area contributed by atoms with Crippen molar-refractivity contribution in [3.8, 4) is 0 Å². The first-order valence-electron chi connectivity index (χ1n) is 6.93. The highest BCUT2D eigenvalue weighted by molar-refractivity contribution is 7.89. The Morgan fingerprint density at radius 3 is 2.71 bits per heavy atom. The summed E-state index contributed by atoms with van der Waals surface area (Å²) in [5.41, 5.74) is 6.83. The molecule has 118 valence electrons. The van der Waals surface area contributed by atoms with E-state index in [2.05, 4.69) is 0 Å². The van der Waals surface area contributed by atoms with Crippen molar-refractivity contribution in [2.45, 2.75) is 30.4 Å². The fourth-order valence-electron chi connectivity index (χ4n) is 2.78. The van der Waals surface area contributed by atoms with Crippen molar-refractivity contribution in [1.82, 2.24) is 9.21 Å². The van der Waals surface area contributed by atoms with Crippen molar-refractivity contribution in [2.75, 3.05) is 32.9 Å². The molecular weight excluding hydrogens is 290 g/mol. The Morgan fingerprint density at radius 1 is 1.43 bits per heavy atom. The van der Waals surface area contributed by atoms with Gasteiger partial charge in [-0.25, -0.2) is 8.42 Å². The highest BCUT2D eigenvalue weighted by Gasteiger charge is 2.40. The summed E-state index contributed by atoms with van der Waals surface area (Å²) >= 11 is 0. The largest absolute Gasteiger partial charge is 0.398 e. The molecule has 2 atom stereocenters. The molecule has 1 fully saturated rings. The lowest BCUT2D eigenvalue weighted by Gasteiger charge is -2.26. The van der Waals surface area contributed by atoms with Gasteiger partial charge in [0.05, 0.1) is 11.0 Å². The molecule has 1 aromatic carbocycles. The number of hydrogen-bond donors (Lipinski definition) is 2. The van der Waals surface area contributed by atoms with Gasteiger partial charge in [0.25, 0.3) is 0 Å². The van der Waals surface area contributed by atoms with Crippen LogP contribution in [0.2, 0.25) is 0 Å². The predicted octanol–water partition coefficient (Wildman–Crippen LogP) is 0.263. The molecule has 7 heteroatoms. The maximum absolute atomic E-state index is 12.9. The Balaban J connectivity index is 2.40. The number of aliphatic hydroxyl groups is 1. The van der Waals surface area contributed by atoms with Gasteiger partial charge in [0.1, 0.15) is 0 Å². The first kappa shape index (κ1) is 16.2. The molecule has 0 aliphatic carbocycles. The van der Waals surface area contributed by atoms with E-state index in [9.17, 15) is 13.5 Å². The quantitative estimate of drug-likeness (QED) is 0.779. The summed E-state index contributed by atoms with van der Waals surface area (Å²) in [5, 5.41) is 9.87. The lowest BCUT2D eigenvalue weighted by atomic mass is 10.2. The molecular formula is C14H23N3O3S. The molecule has 21 heavy (non-hydrogen) atoms. The van der Waals surface area contributed by atoms with Crippen LogP contribution in [-0.2, 0) is 10.0 Å². The summed E-state index contributed by atoms with van der Waals surface area (Å²) in [4.78, 5) is 2.15. The van der Waals surface area contributed by atoms with Crippen LogP contribution in [0.25, 0.3) is 0 Å². The second-order valence-corrected chi connectivity index (χ2v) is 7.71. The van der Waals surface area contributed by atoms with Gasteiger partial charge < -0.3 is 15.7 Å².